The van der Waals surface area contributed by atoms with Gasteiger partial charge in [-0.2, -0.15) is 0 Å². The number of benzene rings is 2. The average molecular weight is 269 g/mol. The summed E-state index contributed by atoms with van der Waals surface area (Å²) >= 11 is 0. The average Bonchev–Trinajstić information content (AvgIpc) is 2.44. The van der Waals surface area contributed by atoms with Gasteiger partial charge in [-0.05, 0) is 24.6 Å². The molecule has 0 saturated heterocycles. The maximum absolute atomic E-state index is 12.1. The van der Waals surface area contributed by atoms with Crippen molar-refractivity contribution in [1.29, 1.82) is 0 Å². The topological polar surface area (TPSA) is 49.8 Å². The highest BCUT2D eigenvalue weighted by Gasteiger charge is 2.25. The first-order chi connectivity index (χ1) is 9.63. The number of ether oxygens (including phenoxy) is 1. The summed E-state index contributed by atoms with van der Waals surface area (Å²) in [5.74, 6) is 0.592. The summed E-state index contributed by atoms with van der Waals surface area (Å²) in [5, 5.41) is 9.48. The number of nitrogens with zero attached hydrogens (tertiary/aromatic N) is 1. The summed E-state index contributed by atoms with van der Waals surface area (Å²) in [7, 11) is 0. The normalized spacial score (nSPS) is 13.8. The Labute approximate surface area is 117 Å². The van der Waals surface area contributed by atoms with Gasteiger partial charge in [0, 0.05) is 6.07 Å². The maximum atomic E-state index is 12.1. The van der Waals surface area contributed by atoms with Crippen LogP contribution < -0.4 is 9.64 Å². The third-order valence-corrected chi connectivity index (χ3v) is 3.35. The van der Waals surface area contributed by atoms with E-state index < -0.39 is 0 Å². The second kappa shape index (κ2) is 4.89. The van der Waals surface area contributed by atoms with Gasteiger partial charge in [0.25, 0.3) is 5.91 Å². The molecule has 4 heteroatoms. The molecule has 0 fully saturated rings. The fourth-order valence-electron chi connectivity index (χ4n) is 2.24. The number of aryl methyl sites for hydroxylation is 1. The van der Waals surface area contributed by atoms with Crippen LogP contribution in [0.1, 0.15) is 11.1 Å². The van der Waals surface area contributed by atoms with E-state index in [-0.39, 0.29) is 18.3 Å². The summed E-state index contributed by atoms with van der Waals surface area (Å²) in [6.07, 6.45) is 0. The lowest BCUT2D eigenvalue weighted by Crippen LogP contribution is -2.38. The van der Waals surface area contributed by atoms with Crippen LogP contribution in [0.4, 0.5) is 5.69 Å². The fourth-order valence-corrected chi connectivity index (χ4v) is 2.24. The lowest BCUT2D eigenvalue weighted by atomic mass is 10.1. The van der Waals surface area contributed by atoms with Crippen molar-refractivity contribution in [2.75, 3.05) is 11.5 Å². The van der Waals surface area contributed by atoms with Crippen molar-refractivity contribution in [1.82, 2.24) is 0 Å². The minimum atomic E-state index is -0.0798. The molecule has 0 aliphatic carbocycles. The maximum Gasteiger partial charge on any atom is 0.265 e. The van der Waals surface area contributed by atoms with Gasteiger partial charge in [0.2, 0.25) is 0 Å². The standard InChI is InChI=1S/C16H15NO3/c1-11-2-4-12(5-3-11)9-17-14-7-6-13(18)8-15(14)20-10-16(17)19/h2-8,18H,9-10H2,1H3. The van der Waals surface area contributed by atoms with Crippen LogP contribution >= 0.6 is 0 Å². The number of hydrogen-bond acceptors (Lipinski definition) is 3. The van der Waals surface area contributed by atoms with Crippen molar-refractivity contribution in [2.45, 2.75) is 13.5 Å². The number of carbonyl (C=O) groups excluding carboxylic acids is 1. The van der Waals surface area contributed by atoms with Crippen molar-refractivity contribution in [3.05, 3.63) is 53.6 Å². The van der Waals surface area contributed by atoms with E-state index in [1.807, 2.05) is 31.2 Å². The van der Waals surface area contributed by atoms with Crippen LogP contribution in [0.5, 0.6) is 11.5 Å². The van der Waals surface area contributed by atoms with Crippen LogP contribution in [0.15, 0.2) is 42.5 Å². The van der Waals surface area contributed by atoms with Gasteiger partial charge in [-0.15, -0.1) is 0 Å². The van der Waals surface area contributed by atoms with Crippen molar-refractivity contribution in [3.63, 3.8) is 0 Å². The highest BCUT2D eigenvalue weighted by molar-refractivity contribution is 5.97. The van der Waals surface area contributed by atoms with Gasteiger partial charge in [-0.25, -0.2) is 0 Å². The number of anilines is 1. The molecule has 1 heterocycles. The van der Waals surface area contributed by atoms with E-state index in [4.69, 9.17) is 4.74 Å². The van der Waals surface area contributed by atoms with Crippen LogP contribution in [-0.2, 0) is 11.3 Å². The number of amides is 1. The molecule has 1 N–H and O–H groups in total. The molecule has 0 saturated carbocycles. The zero-order valence-corrected chi connectivity index (χ0v) is 11.2. The van der Waals surface area contributed by atoms with Crippen molar-refractivity contribution in [3.8, 4) is 11.5 Å². The van der Waals surface area contributed by atoms with Crippen LogP contribution in [0.3, 0.4) is 0 Å². The number of phenolic OH excluding ortho intramolecular Hbond substituents is 1. The smallest absolute Gasteiger partial charge is 0.265 e. The molecule has 0 radical (unpaired) electrons. The number of phenols is 1. The molecule has 20 heavy (non-hydrogen) atoms. The molecule has 102 valence electrons. The highest BCUT2D eigenvalue weighted by Crippen LogP contribution is 2.35. The number of rotatable bonds is 2. The second-order valence-electron chi connectivity index (χ2n) is 4.91. The molecule has 1 aliphatic rings. The van der Waals surface area contributed by atoms with E-state index in [1.54, 1.807) is 17.0 Å². The predicted molar refractivity (Wildman–Crippen MR) is 76.0 cm³/mol. The monoisotopic (exact) mass is 269 g/mol. The highest BCUT2D eigenvalue weighted by atomic mass is 16.5. The Morgan fingerprint density at radius 1 is 1.20 bits per heavy atom. The molecule has 4 nitrogen and oxygen atoms in total. The van der Waals surface area contributed by atoms with E-state index in [2.05, 4.69) is 0 Å². The Morgan fingerprint density at radius 3 is 2.70 bits per heavy atom. The summed E-state index contributed by atoms with van der Waals surface area (Å²) in [6, 6.07) is 12.9. The number of fused-ring (bicyclic) bond motifs is 1. The number of aromatic hydroxyl groups is 1. The summed E-state index contributed by atoms with van der Waals surface area (Å²) in [6.45, 7) is 2.53. The first-order valence-corrected chi connectivity index (χ1v) is 6.45. The molecule has 2 aromatic carbocycles. The third kappa shape index (κ3) is 2.32. The molecular formula is C16H15NO3. The summed E-state index contributed by atoms with van der Waals surface area (Å²) < 4.78 is 5.35. The molecule has 0 atom stereocenters. The van der Waals surface area contributed by atoms with E-state index in [0.717, 1.165) is 5.56 Å². The molecule has 0 spiro atoms. The van der Waals surface area contributed by atoms with Gasteiger partial charge in [-0.3, -0.25) is 4.79 Å². The third-order valence-electron chi connectivity index (χ3n) is 3.35. The van der Waals surface area contributed by atoms with E-state index in [0.29, 0.717) is 18.0 Å². The first-order valence-electron chi connectivity index (χ1n) is 6.45. The minimum absolute atomic E-state index is 0.00230. The Hall–Kier alpha value is -2.49. The van der Waals surface area contributed by atoms with Crippen LogP contribution in [0, 0.1) is 6.92 Å². The van der Waals surface area contributed by atoms with Gasteiger partial charge in [0.05, 0.1) is 12.2 Å². The summed E-state index contributed by atoms with van der Waals surface area (Å²) in [4.78, 5) is 13.7. The van der Waals surface area contributed by atoms with Gasteiger partial charge < -0.3 is 14.7 Å². The zero-order valence-electron chi connectivity index (χ0n) is 11.2. The molecule has 0 aromatic heterocycles. The molecule has 3 rings (SSSR count). The van der Waals surface area contributed by atoms with E-state index in [9.17, 15) is 9.90 Å². The lowest BCUT2D eigenvalue weighted by molar-refractivity contribution is -0.121. The Bertz CT molecular complexity index is 649. The van der Waals surface area contributed by atoms with Crippen molar-refractivity contribution in [2.24, 2.45) is 0 Å². The van der Waals surface area contributed by atoms with Crippen molar-refractivity contribution >= 4 is 11.6 Å². The van der Waals surface area contributed by atoms with Gasteiger partial charge in [-0.1, -0.05) is 29.8 Å². The van der Waals surface area contributed by atoms with Gasteiger partial charge in [0.15, 0.2) is 6.61 Å². The molecule has 0 bridgehead atoms. The second-order valence-corrected chi connectivity index (χ2v) is 4.91. The quantitative estimate of drug-likeness (QED) is 0.911. The molecule has 1 amide bonds. The molecule has 2 aromatic rings. The van der Waals surface area contributed by atoms with E-state index in [1.165, 1.54) is 11.6 Å². The Kier molecular flexibility index (Phi) is 3.06. The van der Waals surface area contributed by atoms with Crippen molar-refractivity contribution < 1.29 is 14.6 Å². The largest absolute Gasteiger partial charge is 0.508 e. The molecular weight excluding hydrogens is 254 g/mol. The number of hydrogen-bond donors (Lipinski definition) is 1. The first kappa shape index (κ1) is 12.5. The number of carbonyl (C=O) groups is 1. The van der Waals surface area contributed by atoms with Crippen LogP contribution in [-0.4, -0.2) is 17.6 Å². The van der Waals surface area contributed by atoms with Crippen LogP contribution in [0.25, 0.3) is 0 Å². The predicted octanol–water partition coefficient (Wildman–Crippen LogP) is 2.63. The summed E-state index contributed by atoms with van der Waals surface area (Å²) in [5.41, 5.74) is 2.94. The van der Waals surface area contributed by atoms with Crippen LogP contribution in [0.2, 0.25) is 0 Å². The lowest BCUT2D eigenvalue weighted by Gasteiger charge is -2.29. The Balaban J connectivity index is 1.93. The minimum Gasteiger partial charge on any atom is -0.508 e. The zero-order chi connectivity index (χ0) is 14.1. The SMILES string of the molecule is Cc1ccc(CN2C(=O)COc3cc(O)ccc32)cc1. The van der Waals surface area contributed by atoms with E-state index >= 15 is 0 Å². The fraction of sp³-hybridized carbons (Fsp3) is 0.188. The van der Waals surface area contributed by atoms with Gasteiger partial charge in [0.1, 0.15) is 11.5 Å². The molecule has 0 unspecified atom stereocenters. The Morgan fingerprint density at radius 2 is 1.95 bits per heavy atom. The molecule has 1 aliphatic heterocycles. The van der Waals surface area contributed by atoms with Gasteiger partial charge >= 0.3 is 0 Å².